The molecule has 1 aromatic carbocycles. The zero-order valence-corrected chi connectivity index (χ0v) is 9.88. The molecular formula is C9H8ClN3O2S. The van der Waals surface area contributed by atoms with Gasteiger partial charge in [0.15, 0.2) is 0 Å². The smallest absolute Gasteiger partial charge is 0.251 e. The van der Waals surface area contributed by atoms with Crippen LogP contribution in [0, 0.1) is 11.3 Å². The van der Waals surface area contributed by atoms with Gasteiger partial charge >= 0.3 is 0 Å². The second-order valence-electron chi connectivity index (χ2n) is 2.89. The lowest BCUT2D eigenvalue weighted by atomic mass is 10.3. The number of nitrogens with zero attached hydrogens (tertiary/aromatic N) is 2. The van der Waals surface area contributed by atoms with Gasteiger partial charge in [-0.25, -0.2) is 8.42 Å². The average molecular weight is 258 g/mol. The standard InChI is InChI=1S/C9H8ClN3O2S/c1-16(14,15)9(6-11)13-12-8-5-3-2-4-7(8)10/h2-5,12H,1H3/b13-9+. The van der Waals surface area contributed by atoms with Crippen LogP contribution in [0.4, 0.5) is 5.69 Å². The molecule has 16 heavy (non-hydrogen) atoms. The Bertz CT molecular complexity index is 560. The molecular weight excluding hydrogens is 250 g/mol. The number of para-hydroxylation sites is 1. The summed E-state index contributed by atoms with van der Waals surface area (Å²) in [5.41, 5.74) is 2.86. The van der Waals surface area contributed by atoms with Gasteiger partial charge in [0.25, 0.3) is 5.04 Å². The number of nitrogens with one attached hydrogen (secondary N) is 1. The molecule has 0 spiro atoms. The molecule has 0 aliphatic carbocycles. The molecule has 0 aromatic heterocycles. The van der Waals surface area contributed by atoms with E-state index in [0.717, 1.165) is 6.26 Å². The van der Waals surface area contributed by atoms with Crippen LogP contribution in [0.15, 0.2) is 29.4 Å². The van der Waals surface area contributed by atoms with Gasteiger partial charge in [0.1, 0.15) is 6.07 Å². The third-order valence-corrected chi connectivity index (χ3v) is 2.81. The van der Waals surface area contributed by atoms with E-state index >= 15 is 0 Å². The highest BCUT2D eigenvalue weighted by molar-refractivity contribution is 8.06. The Labute approximate surface area is 98.3 Å². The predicted molar refractivity (Wildman–Crippen MR) is 63.0 cm³/mol. The van der Waals surface area contributed by atoms with E-state index in [-0.39, 0.29) is 0 Å². The molecule has 0 saturated heterocycles. The maximum absolute atomic E-state index is 11.0. The topological polar surface area (TPSA) is 82.3 Å². The molecule has 0 amide bonds. The number of nitriles is 1. The molecule has 0 fully saturated rings. The van der Waals surface area contributed by atoms with E-state index < -0.39 is 14.9 Å². The van der Waals surface area contributed by atoms with Crippen LogP contribution in [-0.4, -0.2) is 19.7 Å². The number of anilines is 1. The minimum absolute atomic E-state index is 0.386. The van der Waals surface area contributed by atoms with Gasteiger partial charge in [-0.1, -0.05) is 23.7 Å². The van der Waals surface area contributed by atoms with Gasteiger partial charge in [-0.3, -0.25) is 5.43 Å². The van der Waals surface area contributed by atoms with Gasteiger partial charge in [0, 0.05) is 6.26 Å². The first-order chi connectivity index (χ1) is 7.45. The van der Waals surface area contributed by atoms with Crippen LogP contribution in [0.25, 0.3) is 0 Å². The Morgan fingerprint density at radius 2 is 2.12 bits per heavy atom. The van der Waals surface area contributed by atoms with Gasteiger partial charge < -0.3 is 0 Å². The normalized spacial score (nSPS) is 11.9. The fourth-order valence-electron chi connectivity index (χ4n) is 0.854. The van der Waals surface area contributed by atoms with Crippen molar-refractivity contribution in [3.8, 4) is 6.07 Å². The van der Waals surface area contributed by atoms with Crippen molar-refractivity contribution in [1.82, 2.24) is 0 Å². The molecule has 0 aliphatic heterocycles. The summed E-state index contributed by atoms with van der Waals surface area (Å²) in [5, 5.41) is 11.8. The van der Waals surface area contributed by atoms with Gasteiger partial charge in [-0.05, 0) is 12.1 Å². The zero-order valence-electron chi connectivity index (χ0n) is 8.31. The molecule has 1 N–H and O–H groups in total. The zero-order chi connectivity index (χ0) is 12.2. The molecule has 84 valence electrons. The van der Waals surface area contributed by atoms with E-state index in [1.165, 1.54) is 6.07 Å². The number of rotatable bonds is 2. The molecule has 0 saturated carbocycles. The van der Waals surface area contributed by atoms with Crippen molar-refractivity contribution in [1.29, 1.82) is 5.26 Å². The first-order valence-corrected chi connectivity index (χ1v) is 6.40. The summed E-state index contributed by atoms with van der Waals surface area (Å²) in [6, 6.07) is 8.15. The summed E-state index contributed by atoms with van der Waals surface area (Å²) >= 11 is 5.80. The van der Waals surface area contributed by atoms with Crippen LogP contribution in [0.5, 0.6) is 0 Å². The van der Waals surface area contributed by atoms with E-state index in [2.05, 4.69) is 10.5 Å². The Kier molecular flexibility index (Phi) is 3.88. The third-order valence-electron chi connectivity index (χ3n) is 1.60. The van der Waals surface area contributed by atoms with Crippen molar-refractivity contribution < 1.29 is 8.42 Å². The van der Waals surface area contributed by atoms with Gasteiger partial charge in [0.2, 0.25) is 9.84 Å². The first-order valence-electron chi connectivity index (χ1n) is 4.13. The van der Waals surface area contributed by atoms with E-state index in [4.69, 9.17) is 16.9 Å². The van der Waals surface area contributed by atoms with Crippen LogP contribution in [0.2, 0.25) is 5.02 Å². The molecule has 0 radical (unpaired) electrons. The summed E-state index contributed by atoms with van der Waals surface area (Å²) in [4.78, 5) is 0. The average Bonchev–Trinajstić information content (AvgIpc) is 2.19. The predicted octanol–water partition coefficient (Wildman–Crippen LogP) is 1.63. The number of halogens is 1. The van der Waals surface area contributed by atoms with Crippen molar-refractivity contribution in [2.75, 3.05) is 11.7 Å². The molecule has 0 bridgehead atoms. The minimum Gasteiger partial charge on any atom is -0.275 e. The summed E-state index contributed by atoms with van der Waals surface area (Å²) in [6.07, 6.45) is 0.906. The number of benzene rings is 1. The maximum atomic E-state index is 11.0. The Balaban J connectivity index is 2.98. The van der Waals surface area contributed by atoms with Crippen molar-refractivity contribution in [3.05, 3.63) is 29.3 Å². The van der Waals surface area contributed by atoms with E-state index in [0.29, 0.717) is 10.7 Å². The van der Waals surface area contributed by atoms with Gasteiger partial charge in [0.05, 0.1) is 10.7 Å². The minimum atomic E-state index is -3.61. The first kappa shape index (κ1) is 12.5. The molecule has 7 heteroatoms. The molecule has 5 nitrogen and oxygen atoms in total. The Morgan fingerprint density at radius 3 is 2.62 bits per heavy atom. The number of hydrogen-bond acceptors (Lipinski definition) is 5. The van der Waals surface area contributed by atoms with Crippen LogP contribution in [0.3, 0.4) is 0 Å². The van der Waals surface area contributed by atoms with Crippen molar-refractivity contribution in [2.45, 2.75) is 0 Å². The lowest BCUT2D eigenvalue weighted by molar-refractivity contribution is 0.612. The van der Waals surface area contributed by atoms with E-state index in [9.17, 15) is 8.42 Å². The van der Waals surface area contributed by atoms with Crippen molar-refractivity contribution >= 4 is 32.2 Å². The lowest BCUT2D eigenvalue weighted by Gasteiger charge is -2.02. The molecule has 0 atom stereocenters. The second-order valence-corrected chi connectivity index (χ2v) is 5.23. The van der Waals surface area contributed by atoms with E-state index in [1.54, 1.807) is 24.3 Å². The number of hydrazone groups is 1. The van der Waals surface area contributed by atoms with Crippen LogP contribution < -0.4 is 5.43 Å². The number of sulfone groups is 1. The highest BCUT2D eigenvalue weighted by Crippen LogP contribution is 2.20. The summed E-state index contributed by atoms with van der Waals surface area (Å²) < 4.78 is 22.1. The van der Waals surface area contributed by atoms with Crippen molar-refractivity contribution in [3.63, 3.8) is 0 Å². The number of hydrogen-bond donors (Lipinski definition) is 1. The Morgan fingerprint density at radius 1 is 1.50 bits per heavy atom. The lowest BCUT2D eigenvalue weighted by Crippen LogP contribution is -2.12. The third kappa shape index (κ3) is 3.22. The second kappa shape index (κ2) is 4.96. The highest BCUT2D eigenvalue weighted by atomic mass is 35.5. The van der Waals surface area contributed by atoms with E-state index in [1.807, 2.05) is 0 Å². The van der Waals surface area contributed by atoms with Gasteiger partial charge in [-0.15, -0.1) is 0 Å². The molecule has 0 unspecified atom stereocenters. The largest absolute Gasteiger partial charge is 0.275 e. The van der Waals surface area contributed by atoms with Crippen LogP contribution in [0.1, 0.15) is 0 Å². The SMILES string of the molecule is CS(=O)(=O)/C(C#N)=N/Nc1ccccc1Cl. The Hall–Kier alpha value is -1.58. The maximum Gasteiger partial charge on any atom is 0.251 e. The summed E-state index contributed by atoms with van der Waals surface area (Å²) in [7, 11) is -3.61. The molecule has 0 heterocycles. The monoisotopic (exact) mass is 257 g/mol. The quantitative estimate of drug-likeness (QED) is 0.496. The van der Waals surface area contributed by atoms with Crippen LogP contribution >= 0.6 is 11.6 Å². The van der Waals surface area contributed by atoms with Crippen LogP contribution in [-0.2, 0) is 9.84 Å². The molecule has 1 aromatic rings. The summed E-state index contributed by atoms with van der Waals surface area (Å²) in [6.45, 7) is 0. The summed E-state index contributed by atoms with van der Waals surface area (Å²) in [5.74, 6) is 0. The molecule has 0 aliphatic rings. The fraction of sp³-hybridized carbons (Fsp3) is 0.111. The molecule has 1 rings (SSSR count). The fourth-order valence-corrected chi connectivity index (χ4v) is 1.41. The van der Waals surface area contributed by atoms with Crippen molar-refractivity contribution in [2.24, 2.45) is 5.10 Å². The van der Waals surface area contributed by atoms with Gasteiger partial charge in [-0.2, -0.15) is 10.4 Å². The highest BCUT2D eigenvalue weighted by Gasteiger charge is 2.12.